The van der Waals surface area contributed by atoms with E-state index >= 15 is 0 Å². The predicted octanol–water partition coefficient (Wildman–Crippen LogP) is 2.94. The number of phenolic OH excluding ortho intramolecular Hbond substituents is 2. The van der Waals surface area contributed by atoms with E-state index in [4.69, 9.17) is 0 Å². The summed E-state index contributed by atoms with van der Waals surface area (Å²) in [6.45, 7) is 1.39. The van der Waals surface area contributed by atoms with Crippen LogP contribution < -0.4 is 5.32 Å². The lowest BCUT2D eigenvalue weighted by Gasteiger charge is -2.09. The van der Waals surface area contributed by atoms with Crippen molar-refractivity contribution in [3.63, 3.8) is 0 Å². The number of rotatable bonds is 2. The topological polar surface area (TPSA) is 69.6 Å². The SMILES string of the molecule is Cc1cc(F)c(NC(=O)c2cccc(O)c2O)cc1F. The fourth-order valence-corrected chi connectivity index (χ4v) is 1.65. The molecule has 0 unspecified atom stereocenters. The Morgan fingerprint density at radius 3 is 2.55 bits per heavy atom. The smallest absolute Gasteiger partial charge is 0.259 e. The number of carbonyl (C=O) groups excluding carboxylic acids is 1. The van der Waals surface area contributed by atoms with Gasteiger partial charge in [-0.15, -0.1) is 0 Å². The van der Waals surface area contributed by atoms with E-state index in [-0.39, 0.29) is 16.8 Å². The van der Waals surface area contributed by atoms with Crippen LogP contribution in [-0.4, -0.2) is 16.1 Å². The molecule has 0 fully saturated rings. The molecule has 0 bridgehead atoms. The summed E-state index contributed by atoms with van der Waals surface area (Å²) in [6, 6.07) is 5.58. The summed E-state index contributed by atoms with van der Waals surface area (Å²) >= 11 is 0. The molecule has 0 aromatic heterocycles. The van der Waals surface area contributed by atoms with Crippen LogP contribution in [0.5, 0.6) is 11.5 Å². The lowest BCUT2D eigenvalue weighted by atomic mass is 10.1. The number of aryl methyl sites for hydroxylation is 1. The molecule has 0 saturated heterocycles. The lowest BCUT2D eigenvalue weighted by Crippen LogP contribution is -2.13. The monoisotopic (exact) mass is 279 g/mol. The van der Waals surface area contributed by atoms with E-state index in [0.29, 0.717) is 0 Å². The zero-order valence-corrected chi connectivity index (χ0v) is 10.4. The molecule has 0 saturated carbocycles. The summed E-state index contributed by atoms with van der Waals surface area (Å²) in [5, 5.41) is 21.0. The van der Waals surface area contributed by atoms with Gasteiger partial charge in [-0.25, -0.2) is 8.78 Å². The van der Waals surface area contributed by atoms with Crippen LogP contribution in [-0.2, 0) is 0 Å². The highest BCUT2D eigenvalue weighted by Crippen LogP contribution is 2.29. The molecule has 104 valence electrons. The van der Waals surface area contributed by atoms with Gasteiger partial charge in [-0.1, -0.05) is 6.07 Å². The average molecular weight is 279 g/mol. The van der Waals surface area contributed by atoms with Crippen molar-refractivity contribution in [2.45, 2.75) is 6.92 Å². The fraction of sp³-hybridized carbons (Fsp3) is 0.0714. The zero-order chi connectivity index (χ0) is 14.9. The molecule has 3 N–H and O–H groups in total. The van der Waals surface area contributed by atoms with Crippen LogP contribution in [0.3, 0.4) is 0 Å². The third-order valence-electron chi connectivity index (χ3n) is 2.76. The first-order valence-corrected chi connectivity index (χ1v) is 5.68. The molecule has 2 rings (SSSR count). The molecule has 0 radical (unpaired) electrons. The van der Waals surface area contributed by atoms with Crippen molar-refractivity contribution in [3.05, 3.63) is 53.1 Å². The van der Waals surface area contributed by atoms with Crippen LogP contribution in [0.4, 0.5) is 14.5 Å². The minimum Gasteiger partial charge on any atom is -0.504 e. The molecule has 2 aromatic carbocycles. The van der Waals surface area contributed by atoms with Crippen molar-refractivity contribution in [2.75, 3.05) is 5.32 Å². The summed E-state index contributed by atoms with van der Waals surface area (Å²) in [4.78, 5) is 11.9. The Hall–Kier alpha value is -2.63. The second-order valence-corrected chi connectivity index (χ2v) is 4.21. The van der Waals surface area contributed by atoms with Crippen LogP contribution in [0.25, 0.3) is 0 Å². The number of hydrogen-bond acceptors (Lipinski definition) is 3. The number of aromatic hydroxyl groups is 2. The average Bonchev–Trinajstić information content (AvgIpc) is 2.39. The second kappa shape index (κ2) is 5.16. The van der Waals surface area contributed by atoms with Gasteiger partial charge in [-0.05, 0) is 30.7 Å². The van der Waals surface area contributed by atoms with Gasteiger partial charge in [0.05, 0.1) is 11.3 Å². The van der Waals surface area contributed by atoms with Gasteiger partial charge in [0.15, 0.2) is 11.5 Å². The van der Waals surface area contributed by atoms with Crippen molar-refractivity contribution in [1.29, 1.82) is 0 Å². The predicted molar refractivity (Wildman–Crippen MR) is 68.8 cm³/mol. The van der Waals surface area contributed by atoms with Crippen LogP contribution in [0, 0.1) is 18.6 Å². The molecule has 0 aliphatic rings. The quantitative estimate of drug-likeness (QED) is 0.740. The summed E-state index contributed by atoms with van der Waals surface area (Å²) in [6.07, 6.45) is 0. The Morgan fingerprint density at radius 2 is 1.85 bits per heavy atom. The minimum absolute atomic E-state index is 0.112. The summed E-state index contributed by atoms with van der Waals surface area (Å²) in [5.41, 5.74) is -0.480. The van der Waals surface area contributed by atoms with Crippen LogP contribution in [0.15, 0.2) is 30.3 Å². The third kappa shape index (κ3) is 2.54. The van der Waals surface area contributed by atoms with Gasteiger partial charge >= 0.3 is 0 Å². The van der Waals surface area contributed by atoms with Crippen molar-refractivity contribution in [3.8, 4) is 11.5 Å². The first kappa shape index (κ1) is 13.8. The minimum atomic E-state index is -0.861. The maximum atomic E-state index is 13.6. The zero-order valence-electron chi connectivity index (χ0n) is 10.4. The summed E-state index contributed by atoms with van der Waals surface area (Å²) < 4.78 is 26.9. The van der Waals surface area contributed by atoms with Gasteiger partial charge in [-0.3, -0.25) is 4.79 Å². The maximum absolute atomic E-state index is 13.6. The van der Waals surface area contributed by atoms with Gasteiger partial charge in [0, 0.05) is 6.07 Å². The van der Waals surface area contributed by atoms with Crippen molar-refractivity contribution in [2.24, 2.45) is 0 Å². The standard InChI is InChI=1S/C14H11F2NO3/c1-7-5-10(16)11(6-9(7)15)17-14(20)8-3-2-4-12(18)13(8)19/h2-6,18-19H,1H3,(H,17,20). The molecule has 0 heterocycles. The fourth-order valence-electron chi connectivity index (χ4n) is 1.65. The van der Waals surface area contributed by atoms with Crippen molar-refractivity contribution >= 4 is 11.6 Å². The Morgan fingerprint density at radius 1 is 1.15 bits per heavy atom. The lowest BCUT2D eigenvalue weighted by molar-refractivity contribution is 0.102. The van der Waals surface area contributed by atoms with Gasteiger partial charge in [-0.2, -0.15) is 0 Å². The highest BCUT2D eigenvalue weighted by Gasteiger charge is 2.16. The van der Waals surface area contributed by atoms with Gasteiger partial charge in [0.1, 0.15) is 11.6 Å². The molecule has 1 amide bonds. The van der Waals surface area contributed by atoms with Crippen LogP contribution in [0.2, 0.25) is 0 Å². The largest absolute Gasteiger partial charge is 0.504 e. The van der Waals surface area contributed by atoms with Crippen LogP contribution >= 0.6 is 0 Å². The highest BCUT2D eigenvalue weighted by atomic mass is 19.1. The number of phenols is 2. The molecule has 0 aliphatic heterocycles. The van der Waals surface area contributed by atoms with Crippen molar-refractivity contribution < 1.29 is 23.8 Å². The van der Waals surface area contributed by atoms with E-state index in [1.165, 1.54) is 25.1 Å². The number of carbonyl (C=O) groups is 1. The highest BCUT2D eigenvalue weighted by molar-refractivity contribution is 6.06. The Bertz CT molecular complexity index is 686. The Balaban J connectivity index is 2.33. The van der Waals surface area contributed by atoms with E-state index in [2.05, 4.69) is 5.32 Å². The molecule has 4 nitrogen and oxygen atoms in total. The van der Waals surface area contributed by atoms with E-state index < -0.39 is 29.0 Å². The van der Waals surface area contributed by atoms with E-state index in [0.717, 1.165) is 12.1 Å². The summed E-state index contributed by atoms with van der Waals surface area (Å²) in [7, 11) is 0. The maximum Gasteiger partial charge on any atom is 0.259 e. The molecular formula is C14H11F2NO3. The Kier molecular flexibility index (Phi) is 3.56. The molecule has 0 atom stereocenters. The van der Waals surface area contributed by atoms with E-state index in [1.807, 2.05) is 0 Å². The first-order valence-electron chi connectivity index (χ1n) is 5.68. The number of para-hydroxylation sites is 1. The van der Waals surface area contributed by atoms with E-state index in [9.17, 15) is 23.8 Å². The van der Waals surface area contributed by atoms with Crippen LogP contribution in [0.1, 0.15) is 15.9 Å². The molecule has 6 heteroatoms. The van der Waals surface area contributed by atoms with E-state index in [1.54, 1.807) is 0 Å². The third-order valence-corrected chi connectivity index (χ3v) is 2.76. The van der Waals surface area contributed by atoms with Gasteiger partial charge < -0.3 is 15.5 Å². The second-order valence-electron chi connectivity index (χ2n) is 4.21. The number of nitrogens with one attached hydrogen (secondary N) is 1. The molecule has 0 spiro atoms. The van der Waals surface area contributed by atoms with Gasteiger partial charge in [0.25, 0.3) is 5.91 Å². The molecule has 2 aromatic rings. The van der Waals surface area contributed by atoms with Gasteiger partial charge in [0.2, 0.25) is 0 Å². The molecule has 20 heavy (non-hydrogen) atoms. The Labute approximate surface area is 113 Å². The number of benzene rings is 2. The number of hydrogen-bond donors (Lipinski definition) is 3. The molecule has 0 aliphatic carbocycles. The van der Waals surface area contributed by atoms with Crippen molar-refractivity contribution in [1.82, 2.24) is 0 Å². The molecular weight excluding hydrogens is 268 g/mol. The number of anilines is 1. The number of halogens is 2. The first-order chi connectivity index (χ1) is 9.40. The normalized spacial score (nSPS) is 10.3. The summed E-state index contributed by atoms with van der Waals surface area (Å²) in [5.74, 6) is -3.43. The number of amides is 1.